The second kappa shape index (κ2) is 7.85. The number of nitrogens with zero attached hydrogens (tertiary/aromatic N) is 1. The van der Waals surface area contributed by atoms with Gasteiger partial charge in [0.25, 0.3) is 0 Å². The van der Waals surface area contributed by atoms with Gasteiger partial charge in [-0.2, -0.15) is 0 Å². The van der Waals surface area contributed by atoms with Crippen LogP contribution in [-0.2, 0) is 0 Å². The number of carbonyl (C=O) groups is 1. The molecule has 5 nitrogen and oxygen atoms in total. The van der Waals surface area contributed by atoms with E-state index in [0.29, 0.717) is 13.1 Å². The van der Waals surface area contributed by atoms with E-state index in [-0.39, 0.29) is 18.6 Å². The number of benzene rings is 2. The summed E-state index contributed by atoms with van der Waals surface area (Å²) in [5.41, 5.74) is 3.39. The van der Waals surface area contributed by atoms with Gasteiger partial charge in [-0.3, -0.25) is 0 Å². The number of nitrogens with one attached hydrogen (secondary N) is 2. The summed E-state index contributed by atoms with van der Waals surface area (Å²) in [7, 11) is 1.68. The molecule has 1 atom stereocenters. The van der Waals surface area contributed by atoms with Gasteiger partial charge in [0.1, 0.15) is 0 Å². The van der Waals surface area contributed by atoms with Crippen molar-refractivity contribution in [2.75, 3.05) is 26.7 Å². The van der Waals surface area contributed by atoms with Crippen molar-refractivity contribution in [1.82, 2.24) is 15.2 Å². The molecule has 0 aliphatic carbocycles. The lowest BCUT2D eigenvalue weighted by Gasteiger charge is -2.21. The molecule has 0 saturated heterocycles. The average Bonchev–Trinajstić information content (AvgIpc) is 3.07. The van der Waals surface area contributed by atoms with Crippen LogP contribution in [0.2, 0.25) is 0 Å². The van der Waals surface area contributed by atoms with Crippen molar-refractivity contribution in [2.24, 2.45) is 0 Å². The van der Waals surface area contributed by atoms with Crippen molar-refractivity contribution >= 4 is 16.9 Å². The maximum Gasteiger partial charge on any atom is 0.317 e. The lowest BCUT2D eigenvalue weighted by Crippen LogP contribution is -2.40. The van der Waals surface area contributed by atoms with Gasteiger partial charge in [-0.1, -0.05) is 48.5 Å². The van der Waals surface area contributed by atoms with Gasteiger partial charge in [-0.25, -0.2) is 4.79 Å². The van der Waals surface area contributed by atoms with Crippen LogP contribution in [0.5, 0.6) is 0 Å². The van der Waals surface area contributed by atoms with Gasteiger partial charge >= 0.3 is 6.03 Å². The minimum absolute atomic E-state index is 0.0452. The molecule has 0 radical (unpaired) electrons. The first-order chi connectivity index (χ1) is 12.2. The molecule has 25 heavy (non-hydrogen) atoms. The molecule has 2 aromatic carbocycles. The quantitative estimate of drug-likeness (QED) is 0.647. The Balaban J connectivity index is 1.88. The summed E-state index contributed by atoms with van der Waals surface area (Å²) in [4.78, 5) is 17.0. The predicted molar refractivity (Wildman–Crippen MR) is 99.7 cm³/mol. The molecule has 3 rings (SSSR count). The second-order valence-corrected chi connectivity index (χ2v) is 6.08. The second-order valence-electron chi connectivity index (χ2n) is 6.08. The van der Waals surface area contributed by atoms with Gasteiger partial charge in [-0.05, 0) is 17.2 Å². The maximum atomic E-state index is 12.2. The van der Waals surface area contributed by atoms with Crippen LogP contribution in [0.1, 0.15) is 17.0 Å². The standard InChI is InChI=1S/C20H23N3O2/c1-23(11-12-24)20(25)22-13-17(15-7-3-2-4-8-15)18-14-21-19-10-6-5-9-16(18)19/h2-10,14,17,21,24H,11-13H2,1H3,(H,22,25)/t17-/m1/s1. The molecular weight excluding hydrogens is 314 g/mol. The molecule has 0 unspecified atom stereocenters. The Kier molecular flexibility index (Phi) is 5.36. The number of amides is 2. The first-order valence-electron chi connectivity index (χ1n) is 8.41. The van der Waals surface area contributed by atoms with Crippen molar-refractivity contribution in [2.45, 2.75) is 5.92 Å². The van der Waals surface area contributed by atoms with Gasteiger partial charge in [0, 0.05) is 43.2 Å². The third-order valence-electron chi connectivity index (χ3n) is 4.44. The molecule has 2 amide bonds. The average molecular weight is 337 g/mol. The van der Waals surface area contributed by atoms with E-state index < -0.39 is 0 Å². The highest BCUT2D eigenvalue weighted by Crippen LogP contribution is 2.30. The van der Waals surface area contributed by atoms with Gasteiger partial charge < -0.3 is 20.3 Å². The number of urea groups is 1. The van der Waals surface area contributed by atoms with Crippen LogP contribution in [0.3, 0.4) is 0 Å². The van der Waals surface area contributed by atoms with Crippen molar-refractivity contribution in [3.05, 3.63) is 71.9 Å². The molecule has 0 aliphatic heterocycles. The van der Waals surface area contributed by atoms with Crippen LogP contribution in [0.25, 0.3) is 10.9 Å². The van der Waals surface area contributed by atoms with E-state index in [1.807, 2.05) is 36.5 Å². The number of para-hydroxylation sites is 1. The zero-order valence-electron chi connectivity index (χ0n) is 14.3. The minimum atomic E-state index is -0.185. The van der Waals surface area contributed by atoms with Crippen molar-refractivity contribution in [3.8, 4) is 0 Å². The van der Waals surface area contributed by atoms with Gasteiger partial charge in [0.2, 0.25) is 0 Å². The molecule has 0 aliphatic rings. The van der Waals surface area contributed by atoms with Crippen LogP contribution < -0.4 is 5.32 Å². The largest absolute Gasteiger partial charge is 0.395 e. The lowest BCUT2D eigenvalue weighted by molar-refractivity contribution is 0.190. The van der Waals surface area contributed by atoms with Crippen LogP contribution in [0.15, 0.2) is 60.8 Å². The summed E-state index contributed by atoms with van der Waals surface area (Å²) in [6.45, 7) is 0.754. The fourth-order valence-corrected chi connectivity index (χ4v) is 3.05. The summed E-state index contributed by atoms with van der Waals surface area (Å²) in [6.07, 6.45) is 2.02. The third-order valence-corrected chi connectivity index (χ3v) is 4.44. The van der Waals surface area contributed by atoms with E-state index in [1.165, 1.54) is 4.90 Å². The number of hydrogen-bond donors (Lipinski definition) is 3. The van der Waals surface area contributed by atoms with E-state index in [1.54, 1.807) is 7.05 Å². The zero-order valence-corrected chi connectivity index (χ0v) is 14.3. The van der Waals surface area contributed by atoms with E-state index in [4.69, 9.17) is 5.11 Å². The highest BCUT2D eigenvalue weighted by molar-refractivity contribution is 5.84. The molecule has 1 aromatic heterocycles. The van der Waals surface area contributed by atoms with E-state index in [9.17, 15) is 4.79 Å². The molecule has 130 valence electrons. The number of H-pyrrole nitrogens is 1. The van der Waals surface area contributed by atoms with E-state index in [2.05, 4.69) is 34.6 Å². The predicted octanol–water partition coefficient (Wildman–Crippen LogP) is 2.93. The van der Waals surface area contributed by atoms with E-state index >= 15 is 0 Å². The molecule has 1 heterocycles. The summed E-state index contributed by atoms with van der Waals surface area (Å²) < 4.78 is 0. The van der Waals surface area contributed by atoms with Crippen molar-refractivity contribution in [3.63, 3.8) is 0 Å². The number of rotatable bonds is 6. The van der Waals surface area contributed by atoms with Gasteiger partial charge in [0.05, 0.1) is 6.61 Å². The SMILES string of the molecule is CN(CCO)C(=O)NC[C@H](c1ccccc1)c1c[nH]c2ccccc12. The van der Waals surface area contributed by atoms with Gasteiger partial charge in [-0.15, -0.1) is 0 Å². The summed E-state index contributed by atoms with van der Waals surface area (Å²) in [6, 6.07) is 18.2. The Labute approximate surface area is 147 Å². The van der Waals surface area contributed by atoms with Crippen LogP contribution >= 0.6 is 0 Å². The molecule has 0 bridgehead atoms. The van der Waals surface area contributed by atoms with Crippen LogP contribution in [-0.4, -0.2) is 47.8 Å². The Morgan fingerprint density at radius 2 is 1.88 bits per heavy atom. The molecule has 0 fully saturated rings. The number of aliphatic hydroxyl groups excluding tert-OH is 1. The molecule has 0 spiro atoms. The van der Waals surface area contributed by atoms with Crippen LogP contribution in [0, 0.1) is 0 Å². The minimum Gasteiger partial charge on any atom is -0.395 e. The molecule has 5 heteroatoms. The first-order valence-corrected chi connectivity index (χ1v) is 8.41. The molecule has 3 aromatic rings. The number of fused-ring (bicyclic) bond motifs is 1. The monoisotopic (exact) mass is 337 g/mol. The third kappa shape index (κ3) is 3.83. The highest BCUT2D eigenvalue weighted by Gasteiger charge is 2.19. The van der Waals surface area contributed by atoms with E-state index in [0.717, 1.165) is 22.0 Å². The van der Waals surface area contributed by atoms with Crippen LogP contribution in [0.4, 0.5) is 4.79 Å². The number of aromatic nitrogens is 1. The fraction of sp³-hybridized carbons (Fsp3) is 0.250. The number of aromatic amines is 1. The smallest absolute Gasteiger partial charge is 0.317 e. The number of hydrogen-bond acceptors (Lipinski definition) is 2. The summed E-state index contributed by atoms with van der Waals surface area (Å²) >= 11 is 0. The molecule has 3 N–H and O–H groups in total. The van der Waals surface area contributed by atoms with Crippen molar-refractivity contribution < 1.29 is 9.90 Å². The fourth-order valence-electron chi connectivity index (χ4n) is 3.05. The lowest BCUT2D eigenvalue weighted by atomic mass is 9.91. The number of aliphatic hydroxyl groups is 1. The first kappa shape index (κ1) is 17.0. The molecule has 0 saturated carbocycles. The number of likely N-dealkylation sites (N-methyl/N-ethyl adjacent to an activating group) is 1. The Hall–Kier alpha value is -2.79. The Bertz CT molecular complexity index is 829. The number of carbonyl (C=O) groups excluding carboxylic acids is 1. The normalized spacial score (nSPS) is 12.1. The van der Waals surface area contributed by atoms with Crippen molar-refractivity contribution in [1.29, 1.82) is 0 Å². The Morgan fingerprint density at radius 3 is 2.64 bits per heavy atom. The van der Waals surface area contributed by atoms with Gasteiger partial charge in [0.15, 0.2) is 0 Å². The molecular formula is C20H23N3O2. The topological polar surface area (TPSA) is 68.4 Å². The summed E-state index contributed by atoms with van der Waals surface area (Å²) in [5, 5.41) is 13.1. The highest BCUT2D eigenvalue weighted by atomic mass is 16.3. The zero-order chi connectivity index (χ0) is 17.6. The summed E-state index contributed by atoms with van der Waals surface area (Å²) in [5.74, 6) is 0.0452. The Morgan fingerprint density at radius 1 is 1.16 bits per heavy atom. The maximum absolute atomic E-state index is 12.2.